The van der Waals surface area contributed by atoms with Crippen LogP contribution in [-0.2, 0) is 14.0 Å². The van der Waals surface area contributed by atoms with E-state index in [4.69, 9.17) is 9.16 Å². The molecule has 2 rings (SSSR count). The molecule has 0 unspecified atom stereocenters. The SMILES string of the molecule is CC(C)(C)[Si](C)(C)O[C@@H]1[C@H](O)C[C@]2(O)C[C@H]1OC2=O. The molecule has 1 heterocycles. The van der Waals surface area contributed by atoms with Crippen LogP contribution in [0.3, 0.4) is 0 Å². The molecule has 110 valence electrons. The standard InChI is InChI=1S/C13H24O5Si/c1-12(2,3)19(4,5)18-10-8(14)6-13(16)7-9(10)17-11(13)15/h8-10,14,16H,6-7H2,1-5H3/t8-,9-,10-,13+/m1/s1. The minimum Gasteiger partial charge on any atom is -0.457 e. The molecule has 1 aliphatic carbocycles. The predicted molar refractivity (Wildman–Crippen MR) is 72.1 cm³/mol. The fourth-order valence-electron chi connectivity index (χ4n) is 2.44. The summed E-state index contributed by atoms with van der Waals surface area (Å²) in [5, 5.41) is 20.2. The van der Waals surface area contributed by atoms with Gasteiger partial charge in [0.05, 0.1) is 6.10 Å². The van der Waals surface area contributed by atoms with Crippen molar-refractivity contribution in [1.82, 2.24) is 0 Å². The Labute approximate surface area is 115 Å². The quantitative estimate of drug-likeness (QED) is 0.589. The summed E-state index contributed by atoms with van der Waals surface area (Å²) in [7, 11) is -2.05. The van der Waals surface area contributed by atoms with Crippen LogP contribution in [0.25, 0.3) is 0 Å². The summed E-state index contributed by atoms with van der Waals surface area (Å²) in [6.07, 6.45) is -1.68. The van der Waals surface area contributed by atoms with Crippen molar-refractivity contribution in [1.29, 1.82) is 0 Å². The number of aliphatic hydroxyl groups excluding tert-OH is 1. The van der Waals surface area contributed by atoms with Crippen LogP contribution >= 0.6 is 0 Å². The van der Waals surface area contributed by atoms with E-state index in [0.717, 1.165) is 0 Å². The summed E-state index contributed by atoms with van der Waals surface area (Å²) in [6, 6.07) is 0. The molecule has 2 bridgehead atoms. The number of ether oxygens (including phenoxy) is 1. The fraction of sp³-hybridized carbons (Fsp3) is 0.923. The minimum atomic E-state index is -2.05. The molecule has 0 amide bonds. The van der Waals surface area contributed by atoms with Gasteiger partial charge in [-0.2, -0.15) is 0 Å². The number of esters is 1. The van der Waals surface area contributed by atoms with Gasteiger partial charge in [-0.25, -0.2) is 4.79 Å². The lowest BCUT2D eigenvalue weighted by molar-refractivity contribution is -0.154. The van der Waals surface area contributed by atoms with Gasteiger partial charge in [-0.1, -0.05) is 20.8 Å². The highest BCUT2D eigenvalue weighted by atomic mass is 28.4. The first-order chi connectivity index (χ1) is 8.46. The molecule has 1 saturated heterocycles. The average molecular weight is 288 g/mol. The number of fused-ring (bicyclic) bond motifs is 2. The summed E-state index contributed by atoms with van der Waals surface area (Å²) >= 11 is 0. The van der Waals surface area contributed by atoms with Gasteiger partial charge in [0.2, 0.25) is 0 Å². The molecule has 2 fully saturated rings. The van der Waals surface area contributed by atoms with Gasteiger partial charge in [0.1, 0.15) is 12.2 Å². The highest BCUT2D eigenvalue weighted by Crippen LogP contribution is 2.43. The number of aliphatic hydroxyl groups is 2. The van der Waals surface area contributed by atoms with Crippen LogP contribution in [0, 0.1) is 0 Å². The second-order valence-electron chi connectivity index (χ2n) is 7.29. The first-order valence-corrected chi connectivity index (χ1v) is 9.66. The summed E-state index contributed by atoms with van der Waals surface area (Å²) in [5.74, 6) is -0.627. The van der Waals surface area contributed by atoms with Crippen LogP contribution < -0.4 is 0 Å². The summed E-state index contributed by atoms with van der Waals surface area (Å²) in [5.41, 5.74) is -1.52. The molecule has 1 saturated carbocycles. The Hall–Kier alpha value is -0.433. The lowest BCUT2D eigenvalue weighted by Gasteiger charge is -2.43. The Morgan fingerprint density at radius 3 is 2.47 bits per heavy atom. The molecule has 0 spiro atoms. The Balaban J connectivity index is 2.17. The molecule has 0 aromatic rings. The largest absolute Gasteiger partial charge is 0.457 e. The van der Waals surface area contributed by atoms with Crippen LogP contribution in [-0.4, -0.2) is 48.4 Å². The van der Waals surface area contributed by atoms with Crippen LogP contribution in [0.2, 0.25) is 18.1 Å². The van der Waals surface area contributed by atoms with E-state index in [0.29, 0.717) is 0 Å². The molecule has 0 radical (unpaired) electrons. The van der Waals surface area contributed by atoms with Crippen molar-refractivity contribution in [3.05, 3.63) is 0 Å². The van der Waals surface area contributed by atoms with Crippen LogP contribution in [0.4, 0.5) is 0 Å². The van der Waals surface area contributed by atoms with E-state index in [2.05, 4.69) is 33.9 Å². The van der Waals surface area contributed by atoms with Crippen molar-refractivity contribution >= 4 is 14.3 Å². The molecule has 4 atom stereocenters. The van der Waals surface area contributed by atoms with E-state index in [1.165, 1.54) is 0 Å². The third-order valence-electron chi connectivity index (χ3n) is 4.71. The van der Waals surface area contributed by atoms with E-state index >= 15 is 0 Å². The van der Waals surface area contributed by atoms with E-state index in [9.17, 15) is 15.0 Å². The maximum absolute atomic E-state index is 11.6. The van der Waals surface area contributed by atoms with E-state index in [1.807, 2.05) is 0 Å². The van der Waals surface area contributed by atoms with Gasteiger partial charge < -0.3 is 19.4 Å². The maximum Gasteiger partial charge on any atom is 0.338 e. The van der Waals surface area contributed by atoms with Crippen molar-refractivity contribution in [2.75, 3.05) is 0 Å². The van der Waals surface area contributed by atoms with E-state index in [-0.39, 0.29) is 17.9 Å². The highest BCUT2D eigenvalue weighted by Gasteiger charge is 2.59. The summed E-state index contributed by atoms with van der Waals surface area (Å²) in [4.78, 5) is 11.6. The zero-order valence-electron chi connectivity index (χ0n) is 12.3. The van der Waals surface area contributed by atoms with Gasteiger partial charge in [0, 0.05) is 12.8 Å². The molecule has 5 nitrogen and oxygen atoms in total. The third-order valence-corrected chi connectivity index (χ3v) is 9.18. The van der Waals surface area contributed by atoms with Crippen molar-refractivity contribution in [3.8, 4) is 0 Å². The van der Waals surface area contributed by atoms with Gasteiger partial charge in [-0.05, 0) is 18.1 Å². The van der Waals surface area contributed by atoms with Gasteiger partial charge in [-0.3, -0.25) is 0 Å². The van der Waals surface area contributed by atoms with Crippen molar-refractivity contribution < 1.29 is 24.2 Å². The molecule has 0 aromatic carbocycles. The molecular formula is C13H24O5Si. The summed E-state index contributed by atoms with van der Waals surface area (Å²) in [6.45, 7) is 10.5. The van der Waals surface area contributed by atoms with Gasteiger partial charge >= 0.3 is 5.97 Å². The topological polar surface area (TPSA) is 76.0 Å². The molecule has 0 aromatic heterocycles. The number of carbonyl (C=O) groups excluding carboxylic acids is 1. The first-order valence-electron chi connectivity index (χ1n) is 6.76. The predicted octanol–water partition coefficient (Wildman–Crippen LogP) is 1.19. The third kappa shape index (κ3) is 2.46. The van der Waals surface area contributed by atoms with E-state index in [1.54, 1.807) is 0 Å². The van der Waals surface area contributed by atoms with Crippen molar-refractivity contribution in [2.45, 2.75) is 75.7 Å². The second-order valence-corrected chi connectivity index (χ2v) is 12.1. The van der Waals surface area contributed by atoms with Crippen LogP contribution in [0.1, 0.15) is 33.6 Å². The minimum absolute atomic E-state index is 0.00161. The molecule has 1 aliphatic heterocycles. The van der Waals surface area contributed by atoms with Gasteiger partial charge in [-0.15, -0.1) is 0 Å². The van der Waals surface area contributed by atoms with Crippen LogP contribution in [0.5, 0.6) is 0 Å². The van der Waals surface area contributed by atoms with Crippen molar-refractivity contribution in [3.63, 3.8) is 0 Å². The van der Waals surface area contributed by atoms with E-state index < -0.39 is 38.2 Å². The molecule has 19 heavy (non-hydrogen) atoms. The van der Waals surface area contributed by atoms with Gasteiger partial charge in [0.25, 0.3) is 0 Å². The highest BCUT2D eigenvalue weighted by molar-refractivity contribution is 6.74. The molecule has 2 N–H and O–H groups in total. The normalized spacial score (nSPS) is 39.3. The Morgan fingerprint density at radius 2 is 1.95 bits per heavy atom. The number of carbonyl (C=O) groups is 1. The lowest BCUT2D eigenvalue weighted by Crippen LogP contribution is -2.55. The Bertz CT molecular complexity index is 389. The average Bonchev–Trinajstić information content (AvgIpc) is 2.45. The summed E-state index contributed by atoms with van der Waals surface area (Å²) < 4.78 is 11.4. The zero-order valence-corrected chi connectivity index (χ0v) is 13.3. The molecule has 6 heteroatoms. The molecular weight excluding hydrogens is 264 g/mol. The van der Waals surface area contributed by atoms with Crippen LogP contribution in [0.15, 0.2) is 0 Å². The lowest BCUT2D eigenvalue weighted by atomic mass is 9.82. The number of hydrogen-bond acceptors (Lipinski definition) is 5. The fourth-order valence-corrected chi connectivity index (χ4v) is 3.78. The monoisotopic (exact) mass is 288 g/mol. The number of rotatable bonds is 2. The zero-order chi connectivity index (χ0) is 14.6. The molecule has 2 aliphatic rings. The Morgan fingerprint density at radius 1 is 1.37 bits per heavy atom. The Kier molecular flexibility index (Phi) is 3.37. The first kappa shape index (κ1) is 15.0. The second kappa shape index (κ2) is 4.28. The maximum atomic E-state index is 11.6. The van der Waals surface area contributed by atoms with Crippen molar-refractivity contribution in [2.24, 2.45) is 0 Å². The smallest absolute Gasteiger partial charge is 0.338 e. The van der Waals surface area contributed by atoms with Gasteiger partial charge in [0.15, 0.2) is 13.9 Å². The number of hydrogen-bond donors (Lipinski definition) is 2.